The van der Waals surface area contributed by atoms with Crippen molar-refractivity contribution in [2.45, 2.75) is 37.9 Å². The molecule has 1 aromatic carbocycles. The van der Waals surface area contributed by atoms with E-state index in [9.17, 15) is 14.4 Å². The van der Waals surface area contributed by atoms with Crippen LogP contribution in [0.1, 0.15) is 30.4 Å². The van der Waals surface area contributed by atoms with Gasteiger partial charge >= 0.3 is 0 Å². The van der Waals surface area contributed by atoms with Gasteiger partial charge in [0.1, 0.15) is 12.1 Å². The van der Waals surface area contributed by atoms with Crippen LogP contribution in [-0.4, -0.2) is 41.4 Å². The van der Waals surface area contributed by atoms with E-state index in [1.54, 1.807) is 21.2 Å². The highest BCUT2D eigenvalue weighted by atomic mass is 32.1. The molecule has 0 bridgehead atoms. The van der Waals surface area contributed by atoms with Crippen LogP contribution in [0.5, 0.6) is 0 Å². The number of nitrogens with zero attached hydrogens (tertiary/aromatic N) is 2. The Morgan fingerprint density at radius 3 is 2.74 bits per heavy atom. The Morgan fingerprint density at radius 2 is 2.03 bits per heavy atom. The lowest BCUT2D eigenvalue weighted by Gasteiger charge is -2.28. The van der Waals surface area contributed by atoms with Crippen LogP contribution in [0.4, 0.5) is 5.69 Å². The molecule has 160 valence electrons. The third-order valence-electron chi connectivity index (χ3n) is 5.87. The summed E-state index contributed by atoms with van der Waals surface area (Å²) in [4.78, 5) is 38.9. The second-order valence-corrected chi connectivity index (χ2v) is 8.70. The summed E-state index contributed by atoms with van der Waals surface area (Å²) in [5.41, 5.74) is 6.67. The van der Waals surface area contributed by atoms with Crippen molar-refractivity contribution in [3.8, 4) is 0 Å². The Hall–Kier alpha value is -3.17. The summed E-state index contributed by atoms with van der Waals surface area (Å²) in [7, 11) is 0. The van der Waals surface area contributed by atoms with Gasteiger partial charge in [-0.2, -0.15) is 11.3 Å². The van der Waals surface area contributed by atoms with Crippen LogP contribution in [0, 0.1) is 0 Å². The molecular weight excluding hydrogens is 414 g/mol. The van der Waals surface area contributed by atoms with E-state index in [4.69, 9.17) is 0 Å². The van der Waals surface area contributed by atoms with E-state index in [0.29, 0.717) is 19.4 Å². The summed E-state index contributed by atoms with van der Waals surface area (Å²) < 4.78 is 0. The minimum Gasteiger partial charge on any atom is -0.351 e. The molecule has 3 aliphatic rings. The Morgan fingerprint density at radius 1 is 1.19 bits per heavy atom. The minimum atomic E-state index is -0.477. The second kappa shape index (κ2) is 8.16. The molecule has 2 aromatic rings. The van der Waals surface area contributed by atoms with Gasteiger partial charge in [-0.3, -0.25) is 14.4 Å². The van der Waals surface area contributed by atoms with E-state index in [1.807, 2.05) is 47.3 Å². The molecule has 31 heavy (non-hydrogen) atoms. The van der Waals surface area contributed by atoms with Crippen molar-refractivity contribution < 1.29 is 14.4 Å². The number of benzene rings is 1. The lowest BCUT2D eigenvalue weighted by molar-refractivity contribution is -0.124. The van der Waals surface area contributed by atoms with Crippen LogP contribution in [0.15, 0.2) is 47.3 Å². The largest absolute Gasteiger partial charge is 0.351 e. The summed E-state index contributed by atoms with van der Waals surface area (Å²) in [5, 5.41) is 11.5. The summed E-state index contributed by atoms with van der Waals surface area (Å²) in [5.74, 6) is -0.102. The number of anilines is 1. The normalized spacial score (nSPS) is 22.9. The first-order chi connectivity index (χ1) is 15.1. The molecule has 2 unspecified atom stereocenters. The standard InChI is InChI=1S/C22H23N5O3S/c28-20-2-1-8-26(20)16-5-3-14(4-6-16)11-23-21(29)17-10-19-22(30)24-18(12-27(19)25-17)15-7-9-31-13-15/h3-7,9,12-13,17,19,25H,1-2,8,10-11H2,(H,23,29)(H,24,30). The molecular formula is C22H23N5O3S. The molecule has 9 heteroatoms. The Balaban J connectivity index is 1.18. The maximum absolute atomic E-state index is 12.7. The van der Waals surface area contributed by atoms with Crippen molar-refractivity contribution in [3.05, 3.63) is 58.4 Å². The van der Waals surface area contributed by atoms with Gasteiger partial charge in [0.15, 0.2) is 0 Å². The second-order valence-electron chi connectivity index (χ2n) is 7.92. The Labute approximate surface area is 183 Å². The topological polar surface area (TPSA) is 93.8 Å². The third-order valence-corrected chi connectivity index (χ3v) is 6.55. The average Bonchev–Trinajstić information content (AvgIpc) is 3.53. The highest BCUT2D eigenvalue weighted by Gasteiger charge is 2.41. The van der Waals surface area contributed by atoms with Gasteiger partial charge in [-0.05, 0) is 35.6 Å². The first kappa shape index (κ1) is 19.8. The van der Waals surface area contributed by atoms with Crippen molar-refractivity contribution in [2.24, 2.45) is 0 Å². The summed E-state index contributed by atoms with van der Waals surface area (Å²) >= 11 is 1.56. The molecule has 8 nitrogen and oxygen atoms in total. The number of carbonyl (C=O) groups is 3. The smallest absolute Gasteiger partial charge is 0.248 e. The zero-order valence-corrected chi connectivity index (χ0v) is 17.7. The zero-order chi connectivity index (χ0) is 21.4. The number of fused-ring (bicyclic) bond motifs is 1. The monoisotopic (exact) mass is 437 g/mol. The minimum absolute atomic E-state index is 0.112. The van der Waals surface area contributed by atoms with Crippen molar-refractivity contribution in [1.82, 2.24) is 21.1 Å². The maximum Gasteiger partial charge on any atom is 0.248 e. The number of carbonyl (C=O) groups excluding carboxylic acids is 3. The van der Waals surface area contributed by atoms with Gasteiger partial charge < -0.3 is 20.5 Å². The van der Waals surface area contributed by atoms with Crippen LogP contribution in [-0.2, 0) is 20.9 Å². The molecule has 2 fully saturated rings. The number of amides is 3. The molecule has 3 N–H and O–H groups in total. The van der Waals surface area contributed by atoms with Gasteiger partial charge in [-0.25, -0.2) is 5.43 Å². The molecule has 0 aliphatic carbocycles. The van der Waals surface area contributed by atoms with Gasteiger partial charge in [-0.1, -0.05) is 12.1 Å². The Bertz CT molecular complexity index is 1030. The molecule has 0 saturated carbocycles. The summed E-state index contributed by atoms with van der Waals surface area (Å²) in [6, 6.07) is 8.75. The Kier molecular flexibility index (Phi) is 5.21. The number of thiophene rings is 1. The highest BCUT2D eigenvalue weighted by molar-refractivity contribution is 7.08. The molecule has 0 spiro atoms. The first-order valence-corrected chi connectivity index (χ1v) is 11.3. The lowest BCUT2D eigenvalue weighted by atomic mass is 10.1. The number of hydrogen-bond donors (Lipinski definition) is 3. The van der Waals surface area contributed by atoms with Crippen molar-refractivity contribution in [3.63, 3.8) is 0 Å². The number of nitrogens with one attached hydrogen (secondary N) is 3. The van der Waals surface area contributed by atoms with Crippen LogP contribution >= 0.6 is 11.3 Å². The number of hydrazine groups is 1. The first-order valence-electron chi connectivity index (χ1n) is 10.4. The quantitative estimate of drug-likeness (QED) is 0.660. The SMILES string of the molecule is O=C(NCc1ccc(N2CCCC2=O)cc1)C1CC2C(=O)NC(c3ccsc3)=CN2N1. The molecule has 4 heterocycles. The van der Waals surface area contributed by atoms with Crippen LogP contribution < -0.4 is 21.0 Å². The van der Waals surface area contributed by atoms with Crippen LogP contribution in [0.25, 0.3) is 5.70 Å². The van der Waals surface area contributed by atoms with Crippen LogP contribution in [0.3, 0.4) is 0 Å². The zero-order valence-electron chi connectivity index (χ0n) is 16.8. The molecule has 3 aliphatic heterocycles. The summed E-state index contributed by atoms with van der Waals surface area (Å²) in [6.07, 6.45) is 3.75. The fourth-order valence-electron chi connectivity index (χ4n) is 4.16. The lowest BCUT2D eigenvalue weighted by Crippen LogP contribution is -2.48. The van der Waals surface area contributed by atoms with Crippen molar-refractivity contribution in [1.29, 1.82) is 0 Å². The van der Waals surface area contributed by atoms with Crippen LogP contribution in [0.2, 0.25) is 0 Å². The molecule has 2 saturated heterocycles. The van der Waals surface area contributed by atoms with E-state index in [-0.39, 0.29) is 17.7 Å². The van der Waals surface area contributed by atoms with Gasteiger partial charge in [0.05, 0.1) is 5.70 Å². The van der Waals surface area contributed by atoms with E-state index >= 15 is 0 Å². The number of rotatable bonds is 5. The van der Waals surface area contributed by atoms with E-state index < -0.39 is 12.1 Å². The van der Waals surface area contributed by atoms with E-state index in [1.165, 1.54) is 0 Å². The summed E-state index contributed by atoms with van der Waals surface area (Å²) in [6.45, 7) is 1.15. The highest BCUT2D eigenvalue weighted by Crippen LogP contribution is 2.25. The van der Waals surface area contributed by atoms with Gasteiger partial charge in [0.25, 0.3) is 0 Å². The molecule has 3 amide bonds. The predicted octanol–water partition coefficient (Wildman–Crippen LogP) is 1.57. The fraction of sp³-hybridized carbons (Fsp3) is 0.318. The van der Waals surface area contributed by atoms with E-state index in [0.717, 1.165) is 35.5 Å². The van der Waals surface area contributed by atoms with Gasteiger partial charge in [-0.15, -0.1) is 0 Å². The predicted molar refractivity (Wildman–Crippen MR) is 117 cm³/mol. The van der Waals surface area contributed by atoms with Crippen molar-refractivity contribution >= 4 is 40.4 Å². The molecule has 5 rings (SSSR count). The fourth-order valence-corrected chi connectivity index (χ4v) is 4.82. The number of hydrogen-bond acceptors (Lipinski definition) is 6. The van der Waals surface area contributed by atoms with Gasteiger partial charge in [0, 0.05) is 48.8 Å². The molecule has 1 aromatic heterocycles. The average molecular weight is 438 g/mol. The van der Waals surface area contributed by atoms with E-state index in [2.05, 4.69) is 16.1 Å². The maximum atomic E-state index is 12.7. The molecule has 0 radical (unpaired) electrons. The van der Waals surface area contributed by atoms with Gasteiger partial charge in [0.2, 0.25) is 17.7 Å². The molecule has 2 atom stereocenters. The third kappa shape index (κ3) is 3.94. The van der Waals surface area contributed by atoms with Crippen molar-refractivity contribution in [2.75, 3.05) is 11.4 Å².